The second kappa shape index (κ2) is 10.2. The Labute approximate surface area is 301 Å². The smallest absolute Gasteiger partial charge is 0.143 e. The van der Waals surface area contributed by atoms with Gasteiger partial charge in [-0.2, -0.15) is 0 Å². The van der Waals surface area contributed by atoms with Crippen LogP contribution >= 0.6 is 0 Å². The average Bonchev–Trinajstić information content (AvgIpc) is 3.72. The molecule has 9 aromatic carbocycles. The largest absolute Gasteiger partial charge is 0.455 e. The molecule has 1 heterocycles. The van der Waals surface area contributed by atoms with Crippen molar-refractivity contribution in [1.29, 1.82) is 0 Å². The molecular formula is C46H28O. The maximum atomic E-state index is 9.54. The molecule has 0 aliphatic carbocycles. The summed E-state index contributed by atoms with van der Waals surface area (Å²) in [6.07, 6.45) is 0. The molecule has 10 aromatic rings. The van der Waals surface area contributed by atoms with Gasteiger partial charge >= 0.3 is 0 Å². The highest BCUT2D eigenvalue weighted by molar-refractivity contribution is 6.25. The second-order valence-corrected chi connectivity index (χ2v) is 10.8. The van der Waals surface area contributed by atoms with E-state index in [0.717, 1.165) is 5.39 Å². The van der Waals surface area contributed by atoms with Gasteiger partial charge in [-0.3, -0.25) is 0 Å². The lowest BCUT2D eigenvalue weighted by molar-refractivity contribution is 0.671. The molecule has 0 aliphatic rings. The van der Waals surface area contributed by atoms with Crippen molar-refractivity contribution in [1.82, 2.24) is 0 Å². The zero-order valence-electron chi connectivity index (χ0n) is 44.9. The Balaban J connectivity index is 1.52. The first-order chi connectivity index (χ1) is 32.1. The fourth-order valence-corrected chi connectivity index (χ4v) is 6.29. The number of benzene rings is 9. The minimum Gasteiger partial charge on any atom is -0.455 e. The molecule has 0 unspecified atom stereocenters. The van der Waals surface area contributed by atoms with Crippen LogP contribution in [0, 0.1) is 0 Å². The molecule has 1 aromatic heterocycles. The van der Waals surface area contributed by atoms with Crippen molar-refractivity contribution in [2.45, 2.75) is 0 Å². The van der Waals surface area contributed by atoms with Crippen molar-refractivity contribution in [2.24, 2.45) is 0 Å². The van der Waals surface area contributed by atoms with E-state index in [-0.39, 0.29) is 21.9 Å². The van der Waals surface area contributed by atoms with Gasteiger partial charge < -0.3 is 4.42 Å². The number of furan rings is 1. The van der Waals surface area contributed by atoms with Crippen molar-refractivity contribution in [3.63, 3.8) is 0 Å². The van der Waals surface area contributed by atoms with Crippen LogP contribution in [0.2, 0.25) is 0 Å². The van der Waals surface area contributed by atoms with Crippen molar-refractivity contribution in [3.8, 4) is 33.4 Å². The van der Waals surface area contributed by atoms with E-state index in [1.54, 1.807) is 30.3 Å². The van der Waals surface area contributed by atoms with E-state index >= 15 is 0 Å². The van der Waals surface area contributed by atoms with Crippen LogP contribution in [0.3, 0.4) is 0 Å². The molecule has 47 heavy (non-hydrogen) atoms. The van der Waals surface area contributed by atoms with Crippen molar-refractivity contribution in [2.75, 3.05) is 0 Å². The zero-order valence-corrected chi connectivity index (χ0v) is 23.9. The third-order valence-electron chi connectivity index (χ3n) is 8.30. The molecule has 218 valence electrons. The topological polar surface area (TPSA) is 13.1 Å². The van der Waals surface area contributed by atoms with Crippen LogP contribution in [0.15, 0.2) is 174 Å². The van der Waals surface area contributed by atoms with E-state index in [0.29, 0.717) is 10.9 Å². The average molecular weight is 618 g/mol. The number of hydrogen-bond donors (Lipinski definition) is 0. The fraction of sp³-hybridized carbons (Fsp3) is 0. The summed E-state index contributed by atoms with van der Waals surface area (Å²) in [5.74, 6) is 0. The molecule has 0 amide bonds. The summed E-state index contributed by atoms with van der Waals surface area (Å²) in [6, 6.07) is -4.37. The highest BCUT2D eigenvalue weighted by Crippen LogP contribution is 2.47. The maximum absolute atomic E-state index is 9.54. The second-order valence-electron chi connectivity index (χ2n) is 10.8. The molecule has 0 atom stereocenters. The molecule has 0 spiro atoms. The minimum atomic E-state index is -0.894. The molecule has 0 N–H and O–H groups in total. The third kappa shape index (κ3) is 3.90. The molecule has 1 heteroatoms. The molecule has 0 saturated carbocycles. The Morgan fingerprint density at radius 1 is 0.362 bits per heavy atom. The first kappa shape index (κ1) is 12.9. The lowest BCUT2D eigenvalue weighted by atomic mass is 9.85. The summed E-state index contributed by atoms with van der Waals surface area (Å²) in [5.41, 5.74) is -2.68. The lowest BCUT2D eigenvalue weighted by Gasteiger charge is -2.18. The van der Waals surface area contributed by atoms with E-state index in [2.05, 4.69) is 0 Å². The summed E-state index contributed by atoms with van der Waals surface area (Å²) in [7, 11) is 0. The van der Waals surface area contributed by atoms with Crippen LogP contribution in [0.5, 0.6) is 0 Å². The standard InChI is InChI=1S/C46H28O/c1-2-14-31-28-32(27-26-29(31)12-1)43-35-17-5-7-19-37(35)44(38-20-8-6-18-36(38)43)42-25-11-24-41-40-23-10-22-39(45(40)47-46(41)42)34-21-9-15-30-13-3-4-16-33(30)34/h1-28H/i1D,2D,5D,6D,7D,8D,10D,11D,12D,14D,17D,18D,19D,20D,22D,23D,24D,25D,26D,27D,28D. The van der Waals surface area contributed by atoms with Crippen LogP contribution < -0.4 is 0 Å². The van der Waals surface area contributed by atoms with Crippen LogP contribution in [0.25, 0.3) is 98.4 Å². The highest BCUT2D eigenvalue weighted by Gasteiger charge is 2.21. The van der Waals surface area contributed by atoms with Gasteiger partial charge in [-0.25, -0.2) is 0 Å². The number of hydrogen-bond acceptors (Lipinski definition) is 1. The van der Waals surface area contributed by atoms with Gasteiger partial charge in [-0.05, 0) is 65.8 Å². The Hall–Kier alpha value is -6.18. The highest BCUT2D eigenvalue weighted by atomic mass is 16.3. The van der Waals surface area contributed by atoms with Crippen molar-refractivity contribution < 1.29 is 33.2 Å². The monoisotopic (exact) mass is 617 g/mol. The van der Waals surface area contributed by atoms with E-state index in [1.165, 1.54) is 0 Å². The van der Waals surface area contributed by atoms with Gasteiger partial charge in [0.05, 0.1) is 28.8 Å². The van der Waals surface area contributed by atoms with E-state index in [4.69, 9.17) is 19.5 Å². The molecule has 0 saturated heterocycles. The molecule has 0 fully saturated rings. The zero-order chi connectivity index (χ0) is 49.2. The fourth-order valence-electron chi connectivity index (χ4n) is 6.29. The number of fused-ring (bicyclic) bond motifs is 7. The molecule has 1 nitrogen and oxygen atoms in total. The molecule has 0 bridgehead atoms. The van der Waals surface area contributed by atoms with Crippen LogP contribution in [-0.4, -0.2) is 0 Å². The lowest BCUT2D eigenvalue weighted by Crippen LogP contribution is -1.91. The van der Waals surface area contributed by atoms with Crippen LogP contribution in [0.4, 0.5) is 0 Å². The van der Waals surface area contributed by atoms with E-state index in [9.17, 15) is 13.7 Å². The third-order valence-corrected chi connectivity index (χ3v) is 8.30. The first-order valence-corrected chi connectivity index (χ1v) is 14.5. The van der Waals surface area contributed by atoms with Gasteiger partial charge in [-0.1, -0.05) is 163 Å². The van der Waals surface area contributed by atoms with E-state index < -0.39 is 187 Å². The number of para-hydroxylation sites is 2. The Morgan fingerprint density at radius 2 is 0.936 bits per heavy atom. The van der Waals surface area contributed by atoms with Gasteiger partial charge in [0, 0.05) is 27.5 Å². The first-order valence-electron chi connectivity index (χ1n) is 25.0. The van der Waals surface area contributed by atoms with Gasteiger partial charge in [0.1, 0.15) is 11.2 Å². The summed E-state index contributed by atoms with van der Waals surface area (Å²) < 4.78 is 197. The molecule has 0 aliphatic heterocycles. The normalized spacial score (nSPS) is 18.1. The molecule has 10 rings (SSSR count). The summed E-state index contributed by atoms with van der Waals surface area (Å²) in [5, 5.41) is -2.66. The molecular weight excluding hydrogens is 569 g/mol. The van der Waals surface area contributed by atoms with Crippen molar-refractivity contribution >= 4 is 65.0 Å². The van der Waals surface area contributed by atoms with Crippen molar-refractivity contribution in [3.05, 3.63) is 169 Å². The SMILES string of the molecule is [2H]c1c([2H])c([2H])c2c(oc3c(-c4c5c([2H])c([2H])c([2H])c([2H])c5c(-c5c([2H])c([2H])c6c([2H])c([2H])c([2H])c([2H])c6c5[2H])c5c([2H])c([2H])c([2H])c([2H])c45)c([2H])c([2H])c([2H])c32)c1-c1cccc2ccccc12. The Kier molecular flexibility index (Phi) is 2.79. The van der Waals surface area contributed by atoms with E-state index in [1.807, 2.05) is 12.1 Å². The summed E-state index contributed by atoms with van der Waals surface area (Å²) >= 11 is 0. The van der Waals surface area contributed by atoms with Gasteiger partial charge in [0.2, 0.25) is 0 Å². The minimum absolute atomic E-state index is 0.00210. The predicted molar refractivity (Wildman–Crippen MR) is 200 cm³/mol. The van der Waals surface area contributed by atoms with Gasteiger partial charge in [0.25, 0.3) is 0 Å². The summed E-state index contributed by atoms with van der Waals surface area (Å²) in [4.78, 5) is 0. The summed E-state index contributed by atoms with van der Waals surface area (Å²) in [6.45, 7) is 0. The van der Waals surface area contributed by atoms with Gasteiger partial charge in [-0.15, -0.1) is 0 Å². The number of rotatable bonds is 3. The predicted octanol–water partition coefficient (Wildman–Crippen LogP) is 13.2. The van der Waals surface area contributed by atoms with Crippen LogP contribution in [0.1, 0.15) is 28.8 Å². The maximum Gasteiger partial charge on any atom is 0.143 e. The Bertz CT molecular complexity index is 3960. The van der Waals surface area contributed by atoms with Crippen LogP contribution in [-0.2, 0) is 0 Å². The quantitative estimate of drug-likeness (QED) is 0.180. The van der Waals surface area contributed by atoms with Gasteiger partial charge in [0.15, 0.2) is 0 Å². The Morgan fingerprint density at radius 3 is 1.68 bits per heavy atom. The molecule has 0 radical (unpaired) electrons.